The van der Waals surface area contributed by atoms with Crippen LogP contribution in [0.4, 0.5) is 0 Å². The Labute approximate surface area is 160 Å². The first-order valence-corrected chi connectivity index (χ1v) is 9.34. The van der Waals surface area contributed by atoms with Crippen molar-refractivity contribution in [2.75, 3.05) is 0 Å². The third kappa shape index (κ3) is 3.29. The van der Waals surface area contributed by atoms with E-state index in [-0.39, 0.29) is 0 Å². The van der Waals surface area contributed by atoms with E-state index in [4.69, 9.17) is 15.2 Å². The summed E-state index contributed by atoms with van der Waals surface area (Å²) in [6.07, 6.45) is 0. The van der Waals surface area contributed by atoms with Crippen molar-refractivity contribution in [1.82, 2.24) is 14.7 Å². The minimum atomic E-state index is -0.442. The zero-order valence-electron chi connectivity index (χ0n) is 15.0. The zero-order chi connectivity index (χ0) is 19.0. The van der Waals surface area contributed by atoms with Crippen molar-refractivity contribution >= 4 is 17.2 Å². The number of amides is 1. The Kier molecular flexibility index (Phi) is 4.37. The molecule has 0 aliphatic rings. The summed E-state index contributed by atoms with van der Waals surface area (Å²) in [6, 6.07) is 13.7. The highest BCUT2D eigenvalue weighted by molar-refractivity contribution is 7.13. The van der Waals surface area contributed by atoms with Gasteiger partial charge in [-0.3, -0.25) is 4.79 Å². The second-order valence-electron chi connectivity index (χ2n) is 6.33. The number of thiazole rings is 1. The molecular weight excluding hydrogens is 360 g/mol. The molecule has 0 saturated heterocycles. The first-order valence-electron chi connectivity index (χ1n) is 8.46. The molecule has 0 spiro atoms. The second-order valence-corrected chi connectivity index (χ2v) is 7.18. The molecule has 3 aromatic heterocycles. The molecule has 1 amide bonds. The van der Waals surface area contributed by atoms with Crippen LogP contribution < -0.4 is 5.73 Å². The fourth-order valence-electron chi connectivity index (χ4n) is 3.05. The molecule has 2 N–H and O–H groups in total. The van der Waals surface area contributed by atoms with Crippen molar-refractivity contribution < 1.29 is 9.32 Å². The van der Waals surface area contributed by atoms with E-state index in [9.17, 15) is 4.79 Å². The van der Waals surface area contributed by atoms with Crippen molar-refractivity contribution in [3.63, 3.8) is 0 Å². The number of carbonyl (C=O) groups excluding carboxylic acids is 1. The topological polar surface area (TPSA) is 86.9 Å². The lowest BCUT2D eigenvalue weighted by molar-refractivity contribution is 0.0999. The average Bonchev–Trinajstić information content (AvgIpc) is 3.36. The van der Waals surface area contributed by atoms with Crippen LogP contribution in [0, 0.1) is 13.8 Å². The molecule has 6 nitrogen and oxygen atoms in total. The van der Waals surface area contributed by atoms with Crippen LogP contribution in [0.5, 0.6) is 0 Å². The SMILES string of the molecule is Cc1cc(-c2nc(-c3cc(C(N)=O)c(C)n3Cc3ccccc3)cs2)no1. The summed E-state index contributed by atoms with van der Waals surface area (Å²) in [6.45, 7) is 4.38. The van der Waals surface area contributed by atoms with Crippen molar-refractivity contribution in [3.8, 4) is 22.1 Å². The maximum absolute atomic E-state index is 11.9. The molecule has 0 radical (unpaired) electrons. The highest BCUT2D eigenvalue weighted by Gasteiger charge is 2.19. The third-order valence-corrected chi connectivity index (χ3v) is 5.29. The van der Waals surface area contributed by atoms with Crippen LogP contribution in [-0.2, 0) is 6.54 Å². The maximum Gasteiger partial charge on any atom is 0.250 e. The smallest absolute Gasteiger partial charge is 0.250 e. The largest absolute Gasteiger partial charge is 0.366 e. The molecule has 136 valence electrons. The van der Waals surface area contributed by atoms with Gasteiger partial charge >= 0.3 is 0 Å². The Morgan fingerprint density at radius 1 is 1.19 bits per heavy atom. The van der Waals surface area contributed by atoms with Gasteiger partial charge in [-0.2, -0.15) is 0 Å². The number of hydrogen-bond acceptors (Lipinski definition) is 5. The summed E-state index contributed by atoms with van der Waals surface area (Å²) < 4.78 is 7.21. The highest BCUT2D eigenvalue weighted by Crippen LogP contribution is 2.31. The van der Waals surface area contributed by atoms with Crippen LogP contribution in [0.3, 0.4) is 0 Å². The molecule has 3 heterocycles. The Morgan fingerprint density at radius 3 is 2.63 bits per heavy atom. The number of carbonyl (C=O) groups is 1. The first kappa shape index (κ1) is 17.2. The molecule has 1 aromatic carbocycles. The summed E-state index contributed by atoms with van der Waals surface area (Å²) in [4.78, 5) is 16.6. The van der Waals surface area contributed by atoms with Gasteiger partial charge in [-0.05, 0) is 25.5 Å². The molecule has 4 rings (SSSR count). The average molecular weight is 378 g/mol. The highest BCUT2D eigenvalue weighted by atomic mass is 32.1. The summed E-state index contributed by atoms with van der Waals surface area (Å²) in [7, 11) is 0. The predicted molar refractivity (Wildman–Crippen MR) is 105 cm³/mol. The molecule has 27 heavy (non-hydrogen) atoms. The van der Waals surface area contributed by atoms with Crippen LogP contribution in [0.25, 0.3) is 22.1 Å². The van der Waals surface area contributed by atoms with E-state index >= 15 is 0 Å². The van der Waals surface area contributed by atoms with E-state index in [1.54, 1.807) is 0 Å². The molecule has 0 saturated carbocycles. The molecule has 0 unspecified atom stereocenters. The molecule has 4 aromatic rings. The Bertz CT molecular complexity index is 1110. The second kappa shape index (κ2) is 6.85. The van der Waals surface area contributed by atoms with Crippen molar-refractivity contribution in [2.45, 2.75) is 20.4 Å². The van der Waals surface area contributed by atoms with Gasteiger partial charge < -0.3 is 14.8 Å². The summed E-state index contributed by atoms with van der Waals surface area (Å²) >= 11 is 1.49. The maximum atomic E-state index is 11.9. The number of aromatic nitrogens is 3. The molecule has 0 atom stereocenters. The normalized spacial score (nSPS) is 11.0. The van der Waals surface area contributed by atoms with Gasteiger partial charge in [0.25, 0.3) is 5.91 Å². The summed E-state index contributed by atoms with van der Waals surface area (Å²) in [5.41, 5.74) is 10.4. The Morgan fingerprint density at radius 2 is 1.96 bits per heavy atom. The summed E-state index contributed by atoms with van der Waals surface area (Å²) in [5, 5.41) is 6.76. The lowest BCUT2D eigenvalue weighted by atomic mass is 10.2. The van der Waals surface area contributed by atoms with Gasteiger partial charge in [0.1, 0.15) is 16.5 Å². The number of rotatable bonds is 5. The van der Waals surface area contributed by atoms with E-state index < -0.39 is 5.91 Å². The first-order chi connectivity index (χ1) is 13.0. The molecule has 0 aliphatic carbocycles. The van der Waals surface area contributed by atoms with E-state index in [0.29, 0.717) is 17.8 Å². The minimum absolute atomic E-state index is 0.442. The number of benzene rings is 1. The van der Waals surface area contributed by atoms with Crippen molar-refractivity contribution in [3.05, 3.63) is 70.4 Å². The quantitative estimate of drug-likeness (QED) is 0.568. The van der Waals surface area contributed by atoms with E-state index in [1.807, 2.05) is 49.6 Å². The number of nitrogens with two attached hydrogens (primary N) is 1. The predicted octanol–water partition coefficient (Wildman–Crippen LogP) is 4.03. The molecule has 0 fully saturated rings. The van der Waals surface area contributed by atoms with Gasteiger partial charge in [-0.15, -0.1) is 11.3 Å². The number of nitrogens with zero attached hydrogens (tertiary/aromatic N) is 3. The summed E-state index contributed by atoms with van der Waals surface area (Å²) in [5.74, 6) is 0.296. The molecule has 0 bridgehead atoms. The van der Waals surface area contributed by atoms with E-state index in [2.05, 4.69) is 21.9 Å². The van der Waals surface area contributed by atoms with Crippen LogP contribution in [0.15, 0.2) is 52.4 Å². The Hall–Kier alpha value is -3.19. The molecular formula is C20H18N4O2S. The lowest BCUT2D eigenvalue weighted by Gasteiger charge is -2.11. The number of primary amides is 1. The van der Waals surface area contributed by atoms with Gasteiger partial charge in [0.05, 0.1) is 17.0 Å². The number of aryl methyl sites for hydroxylation is 1. The van der Waals surface area contributed by atoms with Gasteiger partial charge in [0, 0.05) is 23.7 Å². The fraction of sp³-hybridized carbons (Fsp3) is 0.150. The van der Waals surface area contributed by atoms with Crippen LogP contribution in [0.1, 0.15) is 27.4 Å². The Balaban J connectivity index is 1.79. The standard InChI is InChI=1S/C20H18N4O2S/c1-12-8-16(23-26-12)20-22-17(11-27-20)18-9-15(19(21)25)13(2)24(18)10-14-6-4-3-5-7-14/h3-9,11H,10H2,1-2H3,(H2,21,25). The van der Waals surface area contributed by atoms with Crippen molar-refractivity contribution in [1.29, 1.82) is 0 Å². The van der Waals surface area contributed by atoms with Gasteiger partial charge in [-0.25, -0.2) is 4.98 Å². The monoisotopic (exact) mass is 378 g/mol. The third-order valence-electron chi connectivity index (χ3n) is 4.43. The molecule has 7 heteroatoms. The zero-order valence-corrected chi connectivity index (χ0v) is 15.8. The van der Waals surface area contributed by atoms with Crippen LogP contribution in [-0.4, -0.2) is 20.6 Å². The van der Waals surface area contributed by atoms with Crippen LogP contribution >= 0.6 is 11.3 Å². The number of hydrogen-bond donors (Lipinski definition) is 1. The van der Waals surface area contributed by atoms with E-state index in [0.717, 1.165) is 33.4 Å². The van der Waals surface area contributed by atoms with Crippen molar-refractivity contribution in [2.24, 2.45) is 5.73 Å². The lowest BCUT2D eigenvalue weighted by Crippen LogP contribution is -2.12. The van der Waals surface area contributed by atoms with Gasteiger partial charge in [-0.1, -0.05) is 35.5 Å². The van der Waals surface area contributed by atoms with Gasteiger partial charge in [0.15, 0.2) is 0 Å². The minimum Gasteiger partial charge on any atom is -0.366 e. The van der Waals surface area contributed by atoms with Crippen LogP contribution in [0.2, 0.25) is 0 Å². The molecule has 0 aliphatic heterocycles. The van der Waals surface area contributed by atoms with Gasteiger partial charge in [0.2, 0.25) is 0 Å². The van der Waals surface area contributed by atoms with E-state index in [1.165, 1.54) is 11.3 Å². The fourth-order valence-corrected chi connectivity index (χ4v) is 3.82.